The van der Waals surface area contributed by atoms with Gasteiger partial charge in [0.1, 0.15) is 0 Å². The molecule has 0 radical (unpaired) electrons. The lowest BCUT2D eigenvalue weighted by atomic mass is 9.92. The summed E-state index contributed by atoms with van der Waals surface area (Å²) >= 11 is 0. The minimum Gasteiger partial charge on any atom is -0.388 e. The molecule has 1 aliphatic heterocycles. The molecule has 1 saturated heterocycles. The first-order chi connectivity index (χ1) is 8.81. The Balaban J connectivity index is 1.63. The van der Waals surface area contributed by atoms with Crippen LogP contribution in [0.5, 0.6) is 0 Å². The zero-order valence-corrected chi connectivity index (χ0v) is 12.3. The Labute approximate surface area is 115 Å². The van der Waals surface area contributed by atoms with Crippen LogP contribution in [0.4, 0.5) is 4.79 Å². The molecule has 2 amide bonds. The molecule has 0 aromatic carbocycles. The van der Waals surface area contributed by atoms with E-state index in [2.05, 4.69) is 36.4 Å². The van der Waals surface area contributed by atoms with Crippen LogP contribution >= 0.6 is 0 Å². The van der Waals surface area contributed by atoms with Crippen molar-refractivity contribution in [2.75, 3.05) is 33.2 Å². The van der Waals surface area contributed by atoms with Gasteiger partial charge in [-0.1, -0.05) is 13.8 Å². The molecule has 2 fully saturated rings. The van der Waals surface area contributed by atoms with E-state index in [1.54, 1.807) is 0 Å². The van der Waals surface area contributed by atoms with Gasteiger partial charge in [0.15, 0.2) is 0 Å². The number of hydrogen-bond acceptors (Lipinski definition) is 3. The SMILES string of the molecule is CN1CCC(O)(CNC(=O)NCC2CC2(C)C)CC1. The van der Waals surface area contributed by atoms with Gasteiger partial charge >= 0.3 is 6.03 Å². The van der Waals surface area contributed by atoms with Crippen molar-refractivity contribution in [2.24, 2.45) is 11.3 Å². The minimum atomic E-state index is -0.733. The Morgan fingerprint density at radius 2 is 1.89 bits per heavy atom. The predicted molar refractivity (Wildman–Crippen MR) is 75.0 cm³/mol. The van der Waals surface area contributed by atoms with Crippen molar-refractivity contribution in [2.45, 2.75) is 38.7 Å². The van der Waals surface area contributed by atoms with Crippen LogP contribution in [0, 0.1) is 11.3 Å². The van der Waals surface area contributed by atoms with Gasteiger partial charge in [-0.25, -0.2) is 4.79 Å². The fraction of sp³-hybridized carbons (Fsp3) is 0.929. The molecule has 0 spiro atoms. The molecule has 5 heteroatoms. The second kappa shape index (κ2) is 5.29. The Bertz CT molecular complexity index is 336. The van der Waals surface area contributed by atoms with Gasteiger partial charge in [-0.05, 0) is 37.6 Å². The first-order valence-electron chi connectivity index (χ1n) is 7.23. The molecule has 1 heterocycles. The van der Waals surface area contributed by atoms with Crippen molar-refractivity contribution in [3.63, 3.8) is 0 Å². The Morgan fingerprint density at radius 3 is 2.42 bits per heavy atom. The first-order valence-corrected chi connectivity index (χ1v) is 7.23. The molecule has 19 heavy (non-hydrogen) atoms. The highest BCUT2D eigenvalue weighted by molar-refractivity contribution is 5.73. The highest BCUT2D eigenvalue weighted by atomic mass is 16.3. The topological polar surface area (TPSA) is 64.6 Å². The summed E-state index contributed by atoms with van der Waals surface area (Å²) in [5.74, 6) is 0.602. The molecule has 2 rings (SSSR count). The second-order valence-electron chi connectivity index (χ2n) is 6.98. The van der Waals surface area contributed by atoms with E-state index in [0.717, 1.165) is 32.5 Å². The van der Waals surface area contributed by atoms with Crippen molar-refractivity contribution >= 4 is 6.03 Å². The van der Waals surface area contributed by atoms with Gasteiger partial charge in [-0.3, -0.25) is 0 Å². The summed E-state index contributed by atoms with van der Waals surface area (Å²) in [4.78, 5) is 13.9. The Hall–Kier alpha value is -0.810. The van der Waals surface area contributed by atoms with E-state index in [-0.39, 0.29) is 6.03 Å². The van der Waals surface area contributed by atoms with E-state index in [4.69, 9.17) is 0 Å². The minimum absolute atomic E-state index is 0.157. The van der Waals surface area contributed by atoms with E-state index in [1.165, 1.54) is 6.42 Å². The van der Waals surface area contributed by atoms with E-state index < -0.39 is 5.60 Å². The fourth-order valence-electron chi connectivity index (χ4n) is 2.66. The Morgan fingerprint density at radius 1 is 1.32 bits per heavy atom. The van der Waals surface area contributed by atoms with Gasteiger partial charge < -0.3 is 20.6 Å². The van der Waals surface area contributed by atoms with Crippen LogP contribution in [0.2, 0.25) is 0 Å². The van der Waals surface area contributed by atoms with Gasteiger partial charge in [0.05, 0.1) is 5.60 Å². The molecular weight excluding hydrogens is 242 g/mol. The van der Waals surface area contributed by atoms with E-state index in [9.17, 15) is 9.90 Å². The van der Waals surface area contributed by atoms with Crippen molar-refractivity contribution in [3.8, 4) is 0 Å². The number of rotatable bonds is 4. The third-order valence-electron chi connectivity index (χ3n) is 4.72. The van der Waals surface area contributed by atoms with Crippen LogP contribution in [-0.4, -0.2) is 54.9 Å². The van der Waals surface area contributed by atoms with Crippen LogP contribution in [0.3, 0.4) is 0 Å². The highest BCUT2D eigenvalue weighted by Gasteiger charge is 2.45. The van der Waals surface area contributed by atoms with Crippen LogP contribution in [0.25, 0.3) is 0 Å². The number of urea groups is 1. The summed E-state index contributed by atoms with van der Waals surface area (Å²) in [6.07, 6.45) is 2.63. The monoisotopic (exact) mass is 269 g/mol. The lowest BCUT2D eigenvalue weighted by Crippen LogP contribution is -2.51. The standard InChI is InChI=1S/C14H27N3O2/c1-13(2)8-11(13)9-15-12(18)16-10-14(19)4-6-17(3)7-5-14/h11,19H,4-10H2,1-3H3,(H2,15,16,18). The summed E-state index contributed by atoms with van der Waals surface area (Å²) in [7, 11) is 2.05. The average molecular weight is 269 g/mol. The number of hydrogen-bond donors (Lipinski definition) is 3. The molecule has 1 atom stereocenters. The lowest BCUT2D eigenvalue weighted by molar-refractivity contribution is -0.0122. The molecule has 1 saturated carbocycles. The number of piperidine rings is 1. The number of nitrogens with zero attached hydrogens (tertiary/aromatic N) is 1. The van der Waals surface area contributed by atoms with Gasteiger partial charge in [0.25, 0.3) is 0 Å². The number of amides is 2. The van der Waals surface area contributed by atoms with Gasteiger partial charge in [-0.2, -0.15) is 0 Å². The second-order valence-corrected chi connectivity index (χ2v) is 6.98. The number of likely N-dealkylation sites (tertiary alicyclic amines) is 1. The van der Waals surface area contributed by atoms with Crippen molar-refractivity contribution in [1.82, 2.24) is 15.5 Å². The molecule has 1 aliphatic carbocycles. The van der Waals surface area contributed by atoms with Crippen LogP contribution in [0.15, 0.2) is 0 Å². The Kier molecular flexibility index (Phi) is 4.06. The summed E-state index contributed by atoms with van der Waals surface area (Å²) in [5, 5.41) is 16.0. The molecule has 0 aromatic heterocycles. The lowest BCUT2D eigenvalue weighted by Gasteiger charge is -2.36. The molecule has 5 nitrogen and oxygen atoms in total. The first kappa shape index (κ1) is 14.6. The van der Waals surface area contributed by atoms with Crippen molar-refractivity contribution in [3.05, 3.63) is 0 Å². The van der Waals surface area contributed by atoms with E-state index >= 15 is 0 Å². The van der Waals surface area contributed by atoms with Crippen LogP contribution < -0.4 is 10.6 Å². The number of carbonyl (C=O) groups is 1. The maximum Gasteiger partial charge on any atom is 0.314 e. The fourth-order valence-corrected chi connectivity index (χ4v) is 2.66. The summed E-state index contributed by atoms with van der Waals surface area (Å²) in [5.41, 5.74) is -0.345. The quantitative estimate of drug-likeness (QED) is 0.707. The van der Waals surface area contributed by atoms with E-state index in [0.29, 0.717) is 17.9 Å². The smallest absolute Gasteiger partial charge is 0.314 e. The summed E-state index contributed by atoms with van der Waals surface area (Å²) in [6, 6.07) is -0.157. The van der Waals surface area contributed by atoms with Crippen LogP contribution in [-0.2, 0) is 0 Å². The normalized spacial score (nSPS) is 28.7. The van der Waals surface area contributed by atoms with Gasteiger partial charge in [0, 0.05) is 26.2 Å². The third-order valence-corrected chi connectivity index (χ3v) is 4.72. The molecule has 0 bridgehead atoms. The molecular formula is C14H27N3O2. The third kappa shape index (κ3) is 4.08. The maximum absolute atomic E-state index is 11.7. The number of nitrogens with one attached hydrogen (secondary N) is 2. The maximum atomic E-state index is 11.7. The van der Waals surface area contributed by atoms with Crippen molar-refractivity contribution < 1.29 is 9.90 Å². The predicted octanol–water partition coefficient (Wildman–Crippen LogP) is 0.788. The average Bonchev–Trinajstić information content (AvgIpc) is 2.96. The van der Waals surface area contributed by atoms with E-state index in [1.807, 2.05) is 0 Å². The van der Waals surface area contributed by atoms with Gasteiger partial charge in [-0.15, -0.1) is 0 Å². The zero-order valence-electron chi connectivity index (χ0n) is 12.3. The molecule has 1 unspecified atom stereocenters. The van der Waals surface area contributed by atoms with Gasteiger partial charge in [0.2, 0.25) is 0 Å². The zero-order chi connectivity index (χ0) is 14.1. The summed E-state index contributed by atoms with van der Waals surface area (Å²) < 4.78 is 0. The molecule has 3 N–H and O–H groups in total. The molecule has 0 aromatic rings. The highest BCUT2D eigenvalue weighted by Crippen LogP contribution is 2.50. The number of carbonyl (C=O) groups excluding carboxylic acids is 1. The molecule has 110 valence electrons. The van der Waals surface area contributed by atoms with Crippen LogP contribution in [0.1, 0.15) is 33.1 Å². The molecule has 2 aliphatic rings. The largest absolute Gasteiger partial charge is 0.388 e. The summed E-state index contributed by atoms with van der Waals surface area (Å²) in [6.45, 7) is 7.30. The number of aliphatic hydroxyl groups is 1. The van der Waals surface area contributed by atoms with Crippen molar-refractivity contribution in [1.29, 1.82) is 0 Å².